The summed E-state index contributed by atoms with van der Waals surface area (Å²) in [5.41, 5.74) is -1.79. The van der Waals surface area contributed by atoms with Gasteiger partial charge in [-0.1, -0.05) is 11.6 Å². The lowest BCUT2D eigenvalue weighted by Crippen LogP contribution is -2.52. The van der Waals surface area contributed by atoms with Crippen LogP contribution < -0.4 is 5.32 Å². The number of hydrogen-bond acceptors (Lipinski definition) is 6. The van der Waals surface area contributed by atoms with Crippen LogP contribution in [0.3, 0.4) is 0 Å². The first-order valence-corrected chi connectivity index (χ1v) is 14.9. The smallest absolute Gasteiger partial charge is 0.255 e. The number of ether oxygens (including phenoxy) is 1. The summed E-state index contributed by atoms with van der Waals surface area (Å²) in [6, 6.07) is 4.80. The third kappa shape index (κ3) is 5.34. The molecule has 2 aliphatic carbocycles. The van der Waals surface area contributed by atoms with Crippen LogP contribution in [0.25, 0.3) is 0 Å². The van der Waals surface area contributed by atoms with Crippen LogP contribution in [0.1, 0.15) is 42.5 Å². The van der Waals surface area contributed by atoms with E-state index in [1.165, 1.54) is 12.1 Å². The van der Waals surface area contributed by atoms with Crippen molar-refractivity contribution in [2.24, 2.45) is 11.8 Å². The van der Waals surface area contributed by atoms with E-state index < -0.39 is 55.9 Å². The van der Waals surface area contributed by atoms with Crippen molar-refractivity contribution in [1.29, 1.82) is 0 Å². The monoisotopic (exact) mass is 600 g/mol. The molecule has 2 aromatic rings. The summed E-state index contributed by atoms with van der Waals surface area (Å²) in [7, 11) is -4.07. The first-order chi connectivity index (χ1) is 18.9. The Morgan fingerprint density at radius 2 is 1.65 bits per heavy atom. The van der Waals surface area contributed by atoms with Crippen LogP contribution in [0.4, 0.5) is 18.9 Å². The zero-order valence-corrected chi connectivity index (χ0v) is 22.9. The van der Waals surface area contributed by atoms with E-state index in [1.807, 2.05) is 0 Å². The summed E-state index contributed by atoms with van der Waals surface area (Å²) in [5, 5.41) is 12.8. The van der Waals surface area contributed by atoms with E-state index in [4.69, 9.17) is 16.3 Å². The molecule has 2 aromatic carbocycles. The molecule has 2 saturated carbocycles. The topological polar surface area (TPSA) is 113 Å². The minimum Gasteiger partial charge on any atom is -0.389 e. The quantitative estimate of drug-likeness (QED) is 0.486. The second kappa shape index (κ2) is 11.0. The van der Waals surface area contributed by atoms with Crippen LogP contribution in [0.5, 0.6) is 0 Å². The second-order valence-electron chi connectivity index (χ2n) is 10.6. The molecule has 1 saturated heterocycles. The van der Waals surface area contributed by atoms with Crippen LogP contribution >= 0.6 is 11.6 Å². The number of carbonyl (C=O) groups is 2. The van der Waals surface area contributed by atoms with Crippen molar-refractivity contribution in [3.8, 4) is 0 Å². The molecule has 0 aromatic heterocycles. The van der Waals surface area contributed by atoms with E-state index in [-0.39, 0.29) is 46.3 Å². The number of amides is 2. The number of nitrogens with one attached hydrogen (secondary N) is 1. The van der Waals surface area contributed by atoms with Crippen molar-refractivity contribution >= 4 is 38.9 Å². The van der Waals surface area contributed by atoms with E-state index >= 15 is 0 Å². The number of anilines is 1. The van der Waals surface area contributed by atoms with Gasteiger partial charge in [-0.15, -0.1) is 0 Å². The van der Waals surface area contributed by atoms with Gasteiger partial charge in [0.05, 0.1) is 40.4 Å². The molecule has 13 heteroatoms. The molecule has 2 bridgehead atoms. The minimum atomic E-state index is -4.07. The normalized spacial score (nSPS) is 26.5. The van der Waals surface area contributed by atoms with Gasteiger partial charge in [-0.2, -0.15) is 0 Å². The van der Waals surface area contributed by atoms with Gasteiger partial charge in [-0.3, -0.25) is 9.59 Å². The van der Waals surface area contributed by atoms with E-state index in [1.54, 1.807) is 4.90 Å². The molecule has 3 fully saturated rings. The number of hydrogen-bond donors (Lipinski definition) is 2. The van der Waals surface area contributed by atoms with Crippen LogP contribution in [-0.4, -0.2) is 67.4 Å². The van der Waals surface area contributed by atoms with Gasteiger partial charge in [0.15, 0.2) is 27.3 Å². The zero-order valence-electron chi connectivity index (χ0n) is 21.3. The van der Waals surface area contributed by atoms with Gasteiger partial charge in [-0.05, 0) is 55.7 Å². The molecule has 40 heavy (non-hydrogen) atoms. The fourth-order valence-corrected chi connectivity index (χ4v) is 8.59. The highest BCUT2D eigenvalue weighted by Crippen LogP contribution is 2.53. The molecule has 0 radical (unpaired) electrons. The summed E-state index contributed by atoms with van der Waals surface area (Å²) >= 11 is 6.26. The van der Waals surface area contributed by atoms with Gasteiger partial charge in [0, 0.05) is 36.5 Å². The maximum atomic E-state index is 13.7. The Balaban J connectivity index is 1.33. The van der Waals surface area contributed by atoms with Gasteiger partial charge in [0.25, 0.3) is 5.91 Å². The minimum absolute atomic E-state index is 0.0733. The number of aliphatic hydroxyl groups is 1. The lowest BCUT2D eigenvalue weighted by atomic mass is 9.72. The number of rotatable bonds is 6. The maximum absolute atomic E-state index is 13.7. The Bertz CT molecular complexity index is 1410. The molecule has 1 aliphatic heterocycles. The third-order valence-electron chi connectivity index (χ3n) is 8.35. The first-order valence-electron chi connectivity index (χ1n) is 13.0. The molecule has 2 atom stereocenters. The highest BCUT2D eigenvalue weighted by atomic mass is 35.5. The summed E-state index contributed by atoms with van der Waals surface area (Å²) in [5.74, 6) is -6.52. The number of morpholine rings is 1. The maximum Gasteiger partial charge on any atom is 0.255 e. The number of carbonyl (C=O) groups excluding carboxylic acids is 2. The van der Waals surface area contributed by atoms with E-state index in [0.29, 0.717) is 51.3 Å². The molecule has 2 N–H and O–H groups in total. The van der Waals surface area contributed by atoms with Gasteiger partial charge < -0.3 is 20.1 Å². The molecule has 5 rings (SSSR count). The van der Waals surface area contributed by atoms with Gasteiger partial charge in [0.2, 0.25) is 5.91 Å². The van der Waals surface area contributed by atoms with Crippen molar-refractivity contribution in [2.45, 2.75) is 47.9 Å². The molecule has 1 heterocycles. The summed E-state index contributed by atoms with van der Waals surface area (Å²) in [6.45, 7) is 1.78. The van der Waals surface area contributed by atoms with Gasteiger partial charge in [0.1, 0.15) is 0 Å². The van der Waals surface area contributed by atoms with Crippen molar-refractivity contribution in [3.63, 3.8) is 0 Å². The summed E-state index contributed by atoms with van der Waals surface area (Å²) < 4.78 is 73.1. The van der Waals surface area contributed by atoms with E-state index in [9.17, 15) is 36.3 Å². The highest BCUT2D eigenvalue weighted by molar-refractivity contribution is 7.92. The predicted octanol–water partition coefficient (Wildman–Crippen LogP) is 3.95. The van der Waals surface area contributed by atoms with Gasteiger partial charge in [-0.25, -0.2) is 21.6 Å². The Kier molecular flexibility index (Phi) is 7.90. The lowest BCUT2D eigenvalue weighted by molar-refractivity contribution is -0.146. The van der Waals surface area contributed by atoms with Crippen LogP contribution in [0, 0.1) is 29.3 Å². The molecule has 0 spiro atoms. The largest absolute Gasteiger partial charge is 0.389 e. The SMILES string of the molecule is O=C(Nc1cc(F)c(F)c(F)c1)c1ccc(Cl)c(S(=O)(=O)C2CC3CCC(C2)C3(O)CC(=O)N2CCOCC2)c1. The average Bonchev–Trinajstić information content (AvgIpc) is 3.07. The molecule has 3 aliphatic rings. The van der Waals surface area contributed by atoms with E-state index in [2.05, 4.69) is 5.32 Å². The molecular formula is C27H28ClF3N2O6S. The number of sulfone groups is 1. The third-order valence-corrected chi connectivity index (χ3v) is 11.0. The average molecular weight is 601 g/mol. The molecule has 8 nitrogen and oxygen atoms in total. The van der Waals surface area contributed by atoms with Crippen LogP contribution in [0.15, 0.2) is 35.2 Å². The highest BCUT2D eigenvalue weighted by Gasteiger charge is 2.56. The molecular weight excluding hydrogens is 573 g/mol. The number of halogens is 4. The fraction of sp³-hybridized carbons (Fsp3) is 0.481. The van der Waals surface area contributed by atoms with Gasteiger partial charge >= 0.3 is 0 Å². The van der Waals surface area contributed by atoms with Crippen molar-refractivity contribution in [2.75, 3.05) is 31.6 Å². The van der Waals surface area contributed by atoms with Crippen molar-refractivity contribution < 1.29 is 41.0 Å². The first kappa shape index (κ1) is 28.8. The molecule has 2 amide bonds. The molecule has 2 unspecified atom stereocenters. The summed E-state index contributed by atoms with van der Waals surface area (Å²) in [4.78, 5) is 27.0. The van der Waals surface area contributed by atoms with Crippen molar-refractivity contribution in [3.05, 3.63) is 58.4 Å². The Hall–Kier alpha value is -2.67. The number of fused-ring (bicyclic) bond motifs is 2. The zero-order chi connectivity index (χ0) is 28.8. The Labute approximate surface area is 234 Å². The van der Waals surface area contributed by atoms with Crippen molar-refractivity contribution in [1.82, 2.24) is 4.90 Å². The Morgan fingerprint density at radius 1 is 1.05 bits per heavy atom. The lowest BCUT2D eigenvalue weighted by Gasteiger charge is -2.43. The van der Waals surface area contributed by atoms with Crippen LogP contribution in [0.2, 0.25) is 5.02 Å². The Morgan fingerprint density at radius 3 is 2.25 bits per heavy atom. The second-order valence-corrected chi connectivity index (χ2v) is 13.2. The standard InChI is InChI=1S/C27H28ClF3N2O6S/c28-20-4-1-15(26(35)32-18-12-21(29)25(31)22(30)13-18)9-23(20)40(37,38)19-10-16-2-3-17(11-19)27(16,36)14-24(34)33-5-7-39-8-6-33/h1,4,9,12-13,16-17,19,36H,2-3,5-8,10-11,14H2,(H,32,35). The number of nitrogens with zero attached hydrogens (tertiary/aromatic N) is 1. The summed E-state index contributed by atoms with van der Waals surface area (Å²) in [6.07, 6.45) is 1.37. The fourth-order valence-electron chi connectivity index (χ4n) is 6.19. The molecule has 216 valence electrons. The van der Waals surface area contributed by atoms with Crippen LogP contribution in [-0.2, 0) is 19.4 Å². The number of benzene rings is 2. The predicted molar refractivity (Wildman–Crippen MR) is 139 cm³/mol. The van der Waals surface area contributed by atoms with E-state index in [0.717, 1.165) is 6.07 Å².